The second kappa shape index (κ2) is 5.01. The molecular weight excluding hydrogens is 230 g/mol. The molecule has 1 fully saturated rings. The Morgan fingerprint density at radius 3 is 3.00 bits per heavy atom. The van der Waals surface area contributed by atoms with E-state index in [4.69, 9.17) is 4.74 Å². The largest absolute Gasteiger partial charge is 0.381 e. The molecule has 1 aromatic rings. The number of hydrogen-bond donors (Lipinski definition) is 1. The van der Waals surface area contributed by atoms with Crippen molar-refractivity contribution in [3.63, 3.8) is 0 Å². The predicted octanol–water partition coefficient (Wildman–Crippen LogP) is 2.64. The number of ether oxygens (including phenoxy) is 1. The van der Waals surface area contributed by atoms with Crippen LogP contribution in [0.15, 0.2) is 29.2 Å². The van der Waals surface area contributed by atoms with E-state index < -0.39 is 0 Å². The fourth-order valence-corrected chi connectivity index (χ4v) is 3.89. The van der Waals surface area contributed by atoms with Gasteiger partial charge in [0.2, 0.25) is 0 Å². The fourth-order valence-electron chi connectivity index (χ4n) is 2.63. The van der Waals surface area contributed by atoms with Crippen LogP contribution in [-0.4, -0.2) is 31.6 Å². The second-order valence-electron chi connectivity index (χ2n) is 4.98. The second-order valence-corrected chi connectivity index (χ2v) is 6.04. The van der Waals surface area contributed by atoms with Crippen LogP contribution in [0, 0.1) is 0 Å². The molecule has 1 atom stereocenters. The first-order valence-electron chi connectivity index (χ1n) is 6.34. The van der Waals surface area contributed by atoms with Gasteiger partial charge in [0, 0.05) is 36.3 Å². The first-order valence-corrected chi connectivity index (χ1v) is 7.33. The van der Waals surface area contributed by atoms with E-state index >= 15 is 0 Å². The lowest BCUT2D eigenvalue weighted by atomic mass is 9.88. The third-order valence-corrected chi connectivity index (χ3v) is 5.13. The van der Waals surface area contributed by atoms with Crippen LogP contribution in [-0.2, 0) is 4.74 Å². The molecule has 92 valence electrons. The standard InChI is InChI=1S/C14H19NOS/c1-16-12-6-11(7-12)15-8-10-9-17-14-5-3-2-4-13(10)14/h2-5,10-12,15H,6-9H2,1H3. The van der Waals surface area contributed by atoms with Gasteiger partial charge in [0.05, 0.1) is 6.10 Å². The van der Waals surface area contributed by atoms with Crippen LogP contribution < -0.4 is 5.32 Å². The van der Waals surface area contributed by atoms with E-state index in [2.05, 4.69) is 29.6 Å². The number of thioether (sulfide) groups is 1. The van der Waals surface area contributed by atoms with Gasteiger partial charge in [0.1, 0.15) is 0 Å². The minimum atomic E-state index is 0.498. The number of rotatable bonds is 4. The number of nitrogens with one attached hydrogen (secondary N) is 1. The van der Waals surface area contributed by atoms with Gasteiger partial charge in [-0.1, -0.05) is 18.2 Å². The van der Waals surface area contributed by atoms with Crippen molar-refractivity contribution in [2.24, 2.45) is 0 Å². The van der Waals surface area contributed by atoms with Gasteiger partial charge in [0.25, 0.3) is 0 Å². The average molecular weight is 249 g/mol. The summed E-state index contributed by atoms with van der Waals surface area (Å²) in [5.41, 5.74) is 1.53. The molecule has 3 rings (SSSR count). The molecule has 1 aliphatic carbocycles. The number of hydrogen-bond acceptors (Lipinski definition) is 3. The van der Waals surface area contributed by atoms with Crippen molar-refractivity contribution in [1.29, 1.82) is 0 Å². The summed E-state index contributed by atoms with van der Waals surface area (Å²) in [6, 6.07) is 9.49. The Bertz CT molecular complexity index is 390. The maximum atomic E-state index is 5.30. The van der Waals surface area contributed by atoms with Crippen molar-refractivity contribution in [3.8, 4) is 0 Å². The molecule has 0 radical (unpaired) electrons. The van der Waals surface area contributed by atoms with Gasteiger partial charge in [-0.3, -0.25) is 0 Å². The van der Waals surface area contributed by atoms with Gasteiger partial charge in [0.15, 0.2) is 0 Å². The highest BCUT2D eigenvalue weighted by Gasteiger charge is 2.30. The molecule has 3 heteroatoms. The molecule has 2 nitrogen and oxygen atoms in total. The zero-order valence-electron chi connectivity index (χ0n) is 10.2. The summed E-state index contributed by atoms with van der Waals surface area (Å²) >= 11 is 1.99. The van der Waals surface area contributed by atoms with Crippen LogP contribution in [0.4, 0.5) is 0 Å². The monoisotopic (exact) mass is 249 g/mol. The van der Waals surface area contributed by atoms with Gasteiger partial charge in [-0.15, -0.1) is 11.8 Å². The highest BCUT2D eigenvalue weighted by Crippen LogP contribution is 2.39. The molecule has 0 amide bonds. The average Bonchev–Trinajstić information content (AvgIpc) is 2.71. The summed E-state index contributed by atoms with van der Waals surface area (Å²) in [5, 5.41) is 3.67. The predicted molar refractivity (Wildman–Crippen MR) is 71.7 cm³/mol. The summed E-state index contributed by atoms with van der Waals surface area (Å²) in [5.74, 6) is 1.92. The van der Waals surface area contributed by atoms with Crippen LogP contribution in [0.2, 0.25) is 0 Å². The maximum absolute atomic E-state index is 5.30. The first kappa shape index (κ1) is 11.6. The molecule has 1 heterocycles. The Morgan fingerprint density at radius 1 is 1.35 bits per heavy atom. The molecule has 2 aliphatic rings. The van der Waals surface area contributed by atoms with Gasteiger partial charge in [-0.2, -0.15) is 0 Å². The lowest BCUT2D eigenvalue weighted by molar-refractivity contribution is 0.0173. The van der Waals surface area contributed by atoms with Crippen LogP contribution in [0.1, 0.15) is 24.3 Å². The molecule has 1 unspecified atom stereocenters. The normalized spacial score (nSPS) is 31.0. The van der Waals surface area contributed by atoms with Gasteiger partial charge in [-0.25, -0.2) is 0 Å². The van der Waals surface area contributed by atoms with Gasteiger partial charge < -0.3 is 10.1 Å². The topological polar surface area (TPSA) is 21.3 Å². The van der Waals surface area contributed by atoms with Crippen molar-refractivity contribution in [2.45, 2.75) is 35.8 Å². The minimum absolute atomic E-state index is 0.498. The maximum Gasteiger partial charge on any atom is 0.0601 e. The SMILES string of the molecule is COC1CC(NCC2CSc3ccccc32)C1. The smallest absolute Gasteiger partial charge is 0.0601 e. The summed E-state index contributed by atoms with van der Waals surface area (Å²) in [6.45, 7) is 1.12. The Labute approximate surface area is 107 Å². The highest BCUT2D eigenvalue weighted by molar-refractivity contribution is 7.99. The van der Waals surface area contributed by atoms with Crippen molar-refractivity contribution in [3.05, 3.63) is 29.8 Å². The molecule has 0 aromatic heterocycles. The zero-order chi connectivity index (χ0) is 11.7. The Hall–Kier alpha value is -0.510. The minimum Gasteiger partial charge on any atom is -0.381 e. The Kier molecular flexibility index (Phi) is 3.41. The third-order valence-electron chi connectivity index (χ3n) is 3.88. The molecule has 0 saturated heterocycles. The van der Waals surface area contributed by atoms with Gasteiger partial charge in [-0.05, 0) is 24.5 Å². The summed E-state index contributed by atoms with van der Waals surface area (Å²) in [7, 11) is 1.81. The zero-order valence-corrected chi connectivity index (χ0v) is 11.0. The van der Waals surface area contributed by atoms with Crippen molar-refractivity contribution >= 4 is 11.8 Å². The van der Waals surface area contributed by atoms with E-state index in [1.54, 1.807) is 0 Å². The number of fused-ring (bicyclic) bond motifs is 1. The lowest BCUT2D eigenvalue weighted by Crippen LogP contribution is -2.46. The number of benzene rings is 1. The van der Waals surface area contributed by atoms with Crippen LogP contribution >= 0.6 is 11.8 Å². The number of methoxy groups -OCH3 is 1. The van der Waals surface area contributed by atoms with Crippen molar-refractivity contribution in [1.82, 2.24) is 5.32 Å². The molecular formula is C14H19NOS. The molecule has 1 N–H and O–H groups in total. The van der Waals surface area contributed by atoms with E-state index in [1.165, 1.54) is 29.1 Å². The van der Waals surface area contributed by atoms with E-state index in [1.807, 2.05) is 18.9 Å². The summed E-state index contributed by atoms with van der Waals surface area (Å²) in [4.78, 5) is 1.47. The van der Waals surface area contributed by atoms with Crippen LogP contribution in [0.25, 0.3) is 0 Å². The molecule has 1 aliphatic heterocycles. The van der Waals surface area contributed by atoms with E-state index in [-0.39, 0.29) is 0 Å². The van der Waals surface area contributed by atoms with Crippen molar-refractivity contribution in [2.75, 3.05) is 19.4 Å². The lowest BCUT2D eigenvalue weighted by Gasteiger charge is -2.35. The van der Waals surface area contributed by atoms with E-state index in [0.29, 0.717) is 18.1 Å². The molecule has 0 bridgehead atoms. The molecule has 17 heavy (non-hydrogen) atoms. The quantitative estimate of drug-likeness (QED) is 0.886. The van der Waals surface area contributed by atoms with Gasteiger partial charge >= 0.3 is 0 Å². The summed E-state index contributed by atoms with van der Waals surface area (Å²) in [6.07, 6.45) is 2.86. The molecule has 0 spiro atoms. The molecule has 1 aromatic carbocycles. The van der Waals surface area contributed by atoms with Crippen LogP contribution in [0.3, 0.4) is 0 Å². The van der Waals surface area contributed by atoms with Crippen molar-refractivity contribution < 1.29 is 4.74 Å². The van der Waals surface area contributed by atoms with Crippen LogP contribution in [0.5, 0.6) is 0 Å². The highest BCUT2D eigenvalue weighted by atomic mass is 32.2. The van der Waals surface area contributed by atoms with E-state index in [0.717, 1.165) is 6.54 Å². The van der Waals surface area contributed by atoms with E-state index in [9.17, 15) is 0 Å². The summed E-state index contributed by atoms with van der Waals surface area (Å²) < 4.78 is 5.30. The fraction of sp³-hybridized carbons (Fsp3) is 0.571. The Morgan fingerprint density at radius 2 is 2.18 bits per heavy atom. The molecule has 1 saturated carbocycles. The third kappa shape index (κ3) is 2.37. The Balaban J connectivity index is 1.51. The first-order chi connectivity index (χ1) is 8.36.